The molecule has 0 bridgehead atoms. The zero-order valence-electron chi connectivity index (χ0n) is 8.25. The first-order valence-electron chi connectivity index (χ1n) is 4.35. The number of aromatic hydroxyl groups is 1. The van der Waals surface area contributed by atoms with Gasteiger partial charge in [-0.25, -0.2) is 0 Å². The second-order valence-corrected chi connectivity index (χ2v) is 4.21. The number of hydrogen-bond donors (Lipinski definition) is 2. The normalized spacial score (nSPS) is 12.6. The van der Waals surface area contributed by atoms with Crippen LogP contribution in [-0.4, -0.2) is 18.3 Å². The topological polar surface area (TPSA) is 55.5 Å². The van der Waals surface area contributed by atoms with E-state index in [1.807, 2.05) is 13.0 Å². The van der Waals surface area contributed by atoms with Crippen LogP contribution in [0, 0.1) is 0 Å². The van der Waals surface area contributed by atoms with E-state index in [4.69, 9.17) is 10.5 Å². The van der Waals surface area contributed by atoms with Crippen LogP contribution in [0.5, 0.6) is 11.5 Å². The van der Waals surface area contributed by atoms with Crippen LogP contribution in [0.2, 0.25) is 0 Å². The Morgan fingerprint density at radius 1 is 1.57 bits per heavy atom. The highest BCUT2D eigenvalue weighted by molar-refractivity contribution is 9.10. The van der Waals surface area contributed by atoms with Gasteiger partial charge < -0.3 is 15.6 Å². The van der Waals surface area contributed by atoms with Gasteiger partial charge in [0.25, 0.3) is 0 Å². The predicted octanol–water partition coefficient (Wildman–Crippen LogP) is 2.05. The van der Waals surface area contributed by atoms with Crippen LogP contribution in [0.4, 0.5) is 0 Å². The summed E-state index contributed by atoms with van der Waals surface area (Å²) in [6, 6.07) is 3.58. The number of benzene rings is 1. The molecular formula is C10H14BrNO2. The fourth-order valence-electron chi connectivity index (χ4n) is 1.29. The molecule has 1 rings (SSSR count). The van der Waals surface area contributed by atoms with Gasteiger partial charge in [0.05, 0.1) is 7.11 Å². The van der Waals surface area contributed by atoms with Crippen molar-refractivity contribution in [2.75, 3.05) is 7.11 Å². The molecule has 0 spiro atoms. The fraction of sp³-hybridized carbons (Fsp3) is 0.400. The molecule has 0 fully saturated rings. The minimum absolute atomic E-state index is 0.0138. The first-order chi connectivity index (χ1) is 6.54. The summed E-state index contributed by atoms with van der Waals surface area (Å²) < 4.78 is 5.90. The lowest BCUT2D eigenvalue weighted by molar-refractivity contribution is 0.369. The largest absolute Gasteiger partial charge is 0.504 e. The standard InChI is InChI=1S/C10H14BrNO2/c1-6(12)3-7-4-8(11)5-9(14-2)10(7)13/h4-6,13H,3,12H2,1-2H3/t6-/m0/s1. The lowest BCUT2D eigenvalue weighted by Crippen LogP contribution is -2.17. The van der Waals surface area contributed by atoms with Crippen molar-refractivity contribution in [2.24, 2.45) is 5.73 Å². The van der Waals surface area contributed by atoms with Gasteiger partial charge in [-0.05, 0) is 25.5 Å². The van der Waals surface area contributed by atoms with E-state index < -0.39 is 0 Å². The maximum atomic E-state index is 9.76. The Kier molecular flexibility index (Phi) is 3.77. The third-order valence-electron chi connectivity index (χ3n) is 1.88. The highest BCUT2D eigenvalue weighted by atomic mass is 79.9. The van der Waals surface area contributed by atoms with Gasteiger partial charge in [0, 0.05) is 16.1 Å². The van der Waals surface area contributed by atoms with Crippen LogP contribution >= 0.6 is 15.9 Å². The van der Waals surface area contributed by atoms with Gasteiger partial charge in [-0.3, -0.25) is 0 Å². The van der Waals surface area contributed by atoms with Crippen molar-refractivity contribution in [1.82, 2.24) is 0 Å². The van der Waals surface area contributed by atoms with E-state index in [9.17, 15) is 5.11 Å². The van der Waals surface area contributed by atoms with Crippen LogP contribution in [-0.2, 0) is 6.42 Å². The van der Waals surface area contributed by atoms with Crippen LogP contribution < -0.4 is 10.5 Å². The molecule has 0 saturated carbocycles. The number of rotatable bonds is 3. The Morgan fingerprint density at radius 2 is 2.21 bits per heavy atom. The molecule has 1 aromatic carbocycles. The Bertz CT molecular complexity index is 326. The summed E-state index contributed by atoms with van der Waals surface area (Å²) in [5.41, 5.74) is 6.47. The fourth-order valence-corrected chi connectivity index (χ4v) is 1.77. The van der Waals surface area contributed by atoms with Crippen LogP contribution in [0.15, 0.2) is 16.6 Å². The molecule has 0 aliphatic rings. The number of halogens is 1. The van der Waals surface area contributed by atoms with Crippen LogP contribution in [0.3, 0.4) is 0 Å². The Balaban J connectivity index is 3.08. The Hall–Kier alpha value is -0.740. The molecule has 0 aliphatic heterocycles. The van der Waals surface area contributed by atoms with Gasteiger partial charge in [-0.15, -0.1) is 0 Å². The van der Waals surface area contributed by atoms with E-state index in [0.29, 0.717) is 12.2 Å². The number of phenolic OH excluding ortho intramolecular Hbond substituents is 1. The number of nitrogens with two attached hydrogens (primary N) is 1. The highest BCUT2D eigenvalue weighted by Crippen LogP contribution is 2.33. The van der Waals surface area contributed by atoms with Gasteiger partial charge in [0.15, 0.2) is 11.5 Å². The number of phenols is 1. The van der Waals surface area contributed by atoms with Gasteiger partial charge in [0.2, 0.25) is 0 Å². The number of methoxy groups -OCH3 is 1. The number of hydrogen-bond acceptors (Lipinski definition) is 3. The molecular weight excluding hydrogens is 246 g/mol. The van der Waals surface area contributed by atoms with Crippen LogP contribution in [0.1, 0.15) is 12.5 Å². The summed E-state index contributed by atoms with van der Waals surface area (Å²) in [7, 11) is 1.52. The summed E-state index contributed by atoms with van der Waals surface area (Å²) in [5, 5.41) is 9.76. The maximum Gasteiger partial charge on any atom is 0.161 e. The van der Waals surface area contributed by atoms with Crippen molar-refractivity contribution in [1.29, 1.82) is 0 Å². The van der Waals surface area contributed by atoms with E-state index >= 15 is 0 Å². The van der Waals surface area contributed by atoms with Crippen molar-refractivity contribution < 1.29 is 9.84 Å². The summed E-state index contributed by atoms with van der Waals surface area (Å²) in [6.45, 7) is 1.90. The van der Waals surface area contributed by atoms with Gasteiger partial charge in [-0.1, -0.05) is 15.9 Å². The Morgan fingerprint density at radius 3 is 2.71 bits per heavy atom. The van der Waals surface area contributed by atoms with Gasteiger partial charge >= 0.3 is 0 Å². The van der Waals surface area contributed by atoms with Gasteiger partial charge in [-0.2, -0.15) is 0 Å². The number of ether oxygens (including phenoxy) is 1. The molecule has 3 nitrogen and oxygen atoms in total. The second kappa shape index (κ2) is 4.66. The van der Waals surface area contributed by atoms with E-state index in [0.717, 1.165) is 10.0 Å². The summed E-state index contributed by atoms with van der Waals surface area (Å²) >= 11 is 3.35. The third kappa shape index (κ3) is 2.62. The monoisotopic (exact) mass is 259 g/mol. The quantitative estimate of drug-likeness (QED) is 0.874. The Labute approximate surface area is 92.0 Å². The minimum Gasteiger partial charge on any atom is -0.504 e. The SMILES string of the molecule is COc1cc(Br)cc(C[C@H](C)N)c1O. The molecule has 0 saturated heterocycles. The van der Waals surface area contributed by atoms with Crippen LogP contribution in [0.25, 0.3) is 0 Å². The van der Waals surface area contributed by atoms with Crippen molar-refractivity contribution in [3.63, 3.8) is 0 Å². The van der Waals surface area contributed by atoms with Crippen molar-refractivity contribution in [3.05, 3.63) is 22.2 Å². The molecule has 0 aliphatic carbocycles. The molecule has 0 heterocycles. The lowest BCUT2D eigenvalue weighted by Gasteiger charge is -2.11. The maximum absolute atomic E-state index is 9.76. The minimum atomic E-state index is 0.0138. The van der Waals surface area contributed by atoms with E-state index in [1.54, 1.807) is 6.07 Å². The first-order valence-corrected chi connectivity index (χ1v) is 5.15. The average Bonchev–Trinajstić information content (AvgIpc) is 2.09. The molecule has 78 valence electrons. The molecule has 0 unspecified atom stereocenters. The molecule has 0 aromatic heterocycles. The molecule has 4 heteroatoms. The lowest BCUT2D eigenvalue weighted by atomic mass is 10.1. The summed E-state index contributed by atoms with van der Waals surface area (Å²) in [4.78, 5) is 0. The molecule has 1 aromatic rings. The smallest absolute Gasteiger partial charge is 0.161 e. The predicted molar refractivity (Wildman–Crippen MR) is 59.7 cm³/mol. The molecule has 14 heavy (non-hydrogen) atoms. The van der Waals surface area contributed by atoms with Gasteiger partial charge in [0.1, 0.15) is 0 Å². The second-order valence-electron chi connectivity index (χ2n) is 3.30. The van der Waals surface area contributed by atoms with Crippen molar-refractivity contribution >= 4 is 15.9 Å². The average molecular weight is 260 g/mol. The van der Waals surface area contributed by atoms with E-state index in [2.05, 4.69) is 15.9 Å². The summed E-state index contributed by atoms with van der Waals surface area (Å²) in [5.74, 6) is 0.642. The first kappa shape index (κ1) is 11.3. The highest BCUT2D eigenvalue weighted by Gasteiger charge is 2.10. The third-order valence-corrected chi connectivity index (χ3v) is 2.34. The zero-order chi connectivity index (χ0) is 10.7. The molecule has 0 amide bonds. The van der Waals surface area contributed by atoms with E-state index in [-0.39, 0.29) is 11.8 Å². The molecule has 3 N–H and O–H groups in total. The zero-order valence-corrected chi connectivity index (χ0v) is 9.84. The van der Waals surface area contributed by atoms with Crippen molar-refractivity contribution in [2.45, 2.75) is 19.4 Å². The van der Waals surface area contributed by atoms with Crippen molar-refractivity contribution in [3.8, 4) is 11.5 Å². The molecule has 1 atom stereocenters. The van der Waals surface area contributed by atoms with E-state index in [1.165, 1.54) is 7.11 Å². The summed E-state index contributed by atoms with van der Waals surface area (Å²) in [6.07, 6.45) is 0.627. The molecule has 0 radical (unpaired) electrons.